The van der Waals surface area contributed by atoms with Gasteiger partial charge in [-0.1, -0.05) is 18.2 Å². The highest BCUT2D eigenvalue weighted by Crippen LogP contribution is 2.15. The molecule has 2 amide bonds. The summed E-state index contributed by atoms with van der Waals surface area (Å²) in [6, 6.07) is 18.8. The van der Waals surface area contributed by atoms with Crippen LogP contribution >= 0.6 is 0 Å². The molecule has 33 heavy (non-hydrogen) atoms. The maximum absolute atomic E-state index is 13.5. The lowest BCUT2D eigenvalue weighted by atomic mass is 10.1. The number of nitrogens with one attached hydrogen (secondary N) is 2. The molecule has 0 saturated heterocycles. The van der Waals surface area contributed by atoms with Gasteiger partial charge in [0.15, 0.2) is 0 Å². The molecule has 0 radical (unpaired) electrons. The number of hydrogen-bond donors (Lipinski definition) is 3. The highest BCUT2D eigenvalue weighted by Gasteiger charge is 2.15. The fourth-order valence-electron chi connectivity index (χ4n) is 2.80. The van der Waals surface area contributed by atoms with Crippen LogP contribution in [0.15, 0.2) is 83.6 Å². The maximum atomic E-state index is 13.5. The Morgan fingerprint density at radius 3 is 2.27 bits per heavy atom. The van der Waals surface area contributed by atoms with E-state index >= 15 is 0 Å². The first-order chi connectivity index (χ1) is 15.8. The Kier molecular flexibility index (Phi) is 7.54. The van der Waals surface area contributed by atoms with Gasteiger partial charge in [-0.05, 0) is 71.8 Å². The largest absolute Gasteiger partial charge is 0.508 e. The second-order valence-corrected chi connectivity index (χ2v) is 7.30. The minimum atomic E-state index is -0.661. The molecule has 8 heteroatoms. The predicted molar refractivity (Wildman–Crippen MR) is 126 cm³/mol. The van der Waals surface area contributed by atoms with Gasteiger partial charge in [-0.3, -0.25) is 9.59 Å². The Bertz CT molecular complexity index is 1190. The molecule has 0 spiro atoms. The minimum absolute atomic E-state index is 0.0651. The quantitative estimate of drug-likeness (QED) is 0.294. The second kappa shape index (κ2) is 10.7. The highest BCUT2D eigenvalue weighted by atomic mass is 19.1. The van der Waals surface area contributed by atoms with Crippen molar-refractivity contribution >= 4 is 29.8 Å². The van der Waals surface area contributed by atoms with E-state index in [1.165, 1.54) is 42.6 Å². The fourth-order valence-corrected chi connectivity index (χ4v) is 2.80. The predicted octanol–water partition coefficient (Wildman–Crippen LogP) is 3.52. The van der Waals surface area contributed by atoms with Crippen LogP contribution in [0.5, 0.6) is 5.75 Å². The third kappa shape index (κ3) is 6.76. The van der Waals surface area contributed by atoms with E-state index in [0.29, 0.717) is 11.1 Å². The van der Waals surface area contributed by atoms with Crippen molar-refractivity contribution in [1.29, 1.82) is 0 Å². The zero-order chi connectivity index (χ0) is 23.8. The first-order valence-electron chi connectivity index (χ1n) is 10.0. The van der Waals surface area contributed by atoms with Gasteiger partial charge in [-0.15, -0.1) is 0 Å². The number of nitrogens with zero attached hydrogens (tertiary/aromatic N) is 2. The van der Waals surface area contributed by atoms with Crippen molar-refractivity contribution in [3.8, 4) is 5.75 Å². The van der Waals surface area contributed by atoms with Crippen molar-refractivity contribution in [2.45, 2.75) is 0 Å². The Morgan fingerprint density at radius 1 is 0.970 bits per heavy atom. The summed E-state index contributed by atoms with van der Waals surface area (Å²) in [7, 11) is 3.82. The summed E-state index contributed by atoms with van der Waals surface area (Å²) in [5.41, 5.74) is 4.68. The van der Waals surface area contributed by atoms with E-state index in [1.807, 2.05) is 31.1 Å². The molecule has 0 aromatic heterocycles. The zero-order valence-corrected chi connectivity index (χ0v) is 18.1. The molecule has 3 aromatic carbocycles. The molecule has 0 atom stereocenters. The summed E-state index contributed by atoms with van der Waals surface area (Å²) in [5.74, 6) is -1.74. The Balaban J connectivity index is 1.82. The van der Waals surface area contributed by atoms with E-state index in [0.717, 1.165) is 11.8 Å². The lowest BCUT2D eigenvalue weighted by molar-refractivity contribution is -0.117. The van der Waals surface area contributed by atoms with E-state index in [1.54, 1.807) is 24.3 Å². The number of rotatable bonds is 7. The van der Waals surface area contributed by atoms with Crippen LogP contribution in [0.1, 0.15) is 21.5 Å². The van der Waals surface area contributed by atoms with Gasteiger partial charge in [0.2, 0.25) is 0 Å². The molecule has 0 aliphatic heterocycles. The van der Waals surface area contributed by atoms with Crippen LogP contribution in [-0.4, -0.2) is 37.2 Å². The van der Waals surface area contributed by atoms with Crippen LogP contribution in [0.25, 0.3) is 6.08 Å². The molecule has 0 bridgehead atoms. The van der Waals surface area contributed by atoms with Crippen molar-refractivity contribution in [3.05, 3.63) is 101 Å². The number of anilines is 1. The number of aromatic hydroxyl groups is 1. The Morgan fingerprint density at radius 2 is 1.64 bits per heavy atom. The highest BCUT2D eigenvalue weighted by molar-refractivity contribution is 6.05. The lowest BCUT2D eigenvalue weighted by Crippen LogP contribution is -2.32. The summed E-state index contributed by atoms with van der Waals surface area (Å²) in [5, 5.41) is 15.8. The third-order valence-electron chi connectivity index (χ3n) is 4.57. The minimum Gasteiger partial charge on any atom is -0.508 e. The van der Waals surface area contributed by atoms with Gasteiger partial charge in [0.25, 0.3) is 11.8 Å². The second-order valence-electron chi connectivity index (χ2n) is 7.30. The lowest BCUT2D eigenvalue weighted by Gasteiger charge is -2.12. The van der Waals surface area contributed by atoms with E-state index < -0.39 is 17.6 Å². The Hall–Kier alpha value is -4.46. The van der Waals surface area contributed by atoms with Gasteiger partial charge < -0.3 is 15.3 Å². The van der Waals surface area contributed by atoms with Crippen molar-refractivity contribution < 1.29 is 19.1 Å². The number of hydrazone groups is 1. The van der Waals surface area contributed by atoms with Crippen LogP contribution < -0.4 is 15.6 Å². The summed E-state index contributed by atoms with van der Waals surface area (Å²) < 4.78 is 13.5. The van der Waals surface area contributed by atoms with Crippen molar-refractivity contribution in [2.24, 2.45) is 5.10 Å². The van der Waals surface area contributed by atoms with Gasteiger partial charge in [0.05, 0.1) is 6.21 Å². The number of hydrogen-bond acceptors (Lipinski definition) is 5. The van der Waals surface area contributed by atoms with Crippen molar-refractivity contribution in [1.82, 2.24) is 10.7 Å². The van der Waals surface area contributed by atoms with Crippen LogP contribution in [0.3, 0.4) is 0 Å². The van der Waals surface area contributed by atoms with E-state index in [9.17, 15) is 19.1 Å². The van der Waals surface area contributed by atoms with Gasteiger partial charge in [0, 0.05) is 25.3 Å². The van der Waals surface area contributed by atoms with Crippen molar-refractivity contribution in [3.63, 3.8) is 0 Å². The molecule has 0 unspecified atom stereocenters. The monoisotopic (exact) mass is 446 g/mol. The molecular formula is C25H23FN4O3. The van der Waals surface area contributed by atoms with E-state index in [2.05, 4.69) is 15.8 Å². The number of phenolic OH excluding ortho intramolecular Hbond substituents is 1. The SMILES string of the molecule is CN(C)c1ccc(C=C(NC(=O)c2cccc(F)c2)C(=O)NN=Cc2ccc(O)cc2)cc1. The van der Waals surface area contributed by atoms with Gasteiger partial charge >= 0.3 is 0 Å². The first kappa shape index (κ1) is 23.2. The molecule has 3 N–H and O–H groups in total. The van der Waals surface area contributed by atoms with Crippen LogP contribution in [0.2, 0.25) is 0 Å². The van der Waals surface area contributed by atoms with Gasteiger partial charge in [-0.2, -0.15) is 5.10 Å². The number of halogens is 1. The average molecular weight is 446 g/mol. The van der Waals surface area contributed by atoms with Crippen LogP contribution in [0, 0.1) is 5.82 Å². The summed E-state index contributed by atoms with van der Waals surface area (Å²) in [6.07, 6.45) is 2.90. The third-order valence-corrected chi connectivity index (χ3v) is 4.57. The molecule has 0 heterocycles. The molecule has 3 rings (SSSR count). The number of benzene rings is 3. The van der Waals surface area contributed by atoms with Crippen LogP contribution in [-0.2, 0) is 4.79 Å². The maximum Gasteiger partial charge on any atom is 0.287 e. The number of amides is 2. The van der Waals surface area contributed by atoms with Gasteiger partial charge in [-0.25, -0.2) is 9.82 Å². The first-order valence-corrected chi connectivity index (χ1v) is 10.0. The molecule has 7 nitrogen and oxygen atoms in total. The Labute approximate surface area is 190 Å². The molecule has 0 fully saturated rings. The standard InChI is InChI=1S/C25H23FN4O3/c1-30(2)21-10-6-17(7-11-21)14-23(28-24(32)19-4-3-5-20(26)15-19)25(33)29-27-16-18-8-12-22(31)13-9-18/h3-16,31H,1-2H3,(H,28,32)(H,29,33). The van der Waals surface area contributed by atoms with E-state index in [-0.39, 0.29) is 17.0 Å². The molecule has 168 valence electrons. The fraction of sp³-hybridized carbons (Fsp3) is 0.0800. The molecule has 3 aromatic rings. The molecule has 0 aliphatic rings. The number of carbonyl (C=O) groups is 2. The van der Waals surface area contributed by atoms with Crippen molar-refractivity contribution in [2.75, 3.05) is 19.0 Å². The van der Waals surface area contributed by atoms with E-state index in [4.69, 9.17) is 0 Å². The topological polar surface area (TPSA) is 94.0 Å². The smallest absolute Gasteiger partial charge is 0.287 e. The number of carbonyl (C=O) groups excluding carboxylic acids is 2. The van der Waals surface area contributed by atoms with Gasteiger partial charge in [0.1, 0.15) is 17.3 Å². The normalized spacial score (nSPS) is 11.3. The molecule has 0 saturated carbocycles. The zero-order valence-electron chi connectivity index (χ0n) is 18.1. The summed E-state index contributed by atoms with van der Waals surface area (Å²) in [6.45, 7) is 0. The summed E-state index contributed by atoms with van der Waals surface area (Å²) in [4.78, 5) is 27.3. The number of phenols is 1. The average Bonchev–Trinajstić information content (AvgIpc) is 2.80. The summed E-state index contributed by atoms with van der Waals surface area (Å²) >= 11 is 0. The van der Waals surface area contributed by atoms with Crippen LogP contribution in [0.4, 0.5) is 10.1 Å². The molecule has 0 aliphatic carbocycles. The molecular weight excluding hydrogens is 423 g/mol.